The van der Waals surface area contributed by atoms with Crippen molar-refractivity contribution in [2.45, 2.75) is 6.18 Å². The molecule has 0 saturated heterocycles. The number of hydrogen-bond donors (Lipinski definition) is 1. The van der Waals surface area contributed by atoms with Gasteiger partial charge in [0, 0.05) is 6.07 Å². The Hall–Kier alpha value is -2.33. The number of nitrogens with two attached hydrogens (primary N) is 1. The fourth-order valence-electron chi connectivity index (χ4n) is 2.31. The fraction of sp³-hybridized carbons (Fsp3) is 0.231. The van der Waals surface area contributed by atoms with Crippen LogP contribution in [-0.4, -0.2) is 22.5 Å². The van der Waals surface area contributed by atoms with Gasteiger partial charge in [-0.05, 0) is 6.07 Å². The van der Waals surface area contributed by atoms with Crippen LogP contribution < -0.4 is 26.6 Å². The molecule has 7 nitrogen and oxygen atoms in total. The van der Waals surface area contributed by atoms with E-state index in [4.69, 9.17) is 38.5 Å². The minimum atomic E-state index is -4.99. The van der Waals surface area contributed by atoms with Gasteiger partial charge in [0.2, 0.25) is 0 Å². The molecule has 12 heteroatoms. The molecule has 2 heterocycles. The summed E-state index contributed by atoms with van der Waals surface area (Å²) in [5.74, 6) is 5.09. The average Bonchev–Trinajstić information content (AvgIpc) is 2.53. The monoisotopic (exact) mass is 397 g/mol. The van der Waals surface area contributed by atoms with Crippen molar-refractivity contribution in [3.63, 3.8) is 0 Å². The Balaban J connectivity index is 2.38. The van der Waals surface area contributed by atoms with Gasteiger partial charge in [-0.2, -0.15) is 13.2 Å². The highest BCUT2D eigenvalue weighted by atomic mass is 35.5. The van der Waals surface area contributed by atoms with E-state index in [1.165, 1.54) is 6.07 Å². The number of aromatic nitrogens is 2. The van der Waals surface area contributed by atoms with Crippen LogP contribution in [0.5, 0.6) is 11.5 Å². The average molecular weight is 398 g/mol. The number of halogens is 5. The molecule has 2 aromatic rings. The van der Waals surface area contributed by atoms with Gasteiger partial charge in [-0.3, -0.25) is 4.79 Å². The molecular formula is C13H8Cl2F3N3O4. The Labute approximate surface area is 146 Å². The van der Waals surface area contributed by atoms with Crippen molar-refractivity contribution in [1.82, 2.24) is 9.24 Å². The Bertz CT molecular complexity index is 984. The Morgan fingerprint density at radius 2 is 1.64 bits per heavy atom. The molecule has 0 fully saturated rings. The lowest BCUT2D eigenvalue weighted by Crippen LogP contribution is -2.45. The smallest absolute Gasteiger partial charge is 0.433 e. The third-order valence-corrected chi connectivity index (χ3v) is 3.91. The van der Waals surface area contributed by atoms with E-state index in [2.05, 4.69) is 0 Å². The van der Waals surface area contributed by atoms with E-state index in [0.29, 0.717) is 4.57 Å². The maximum atomic E-state index is 12.9. The molecule has 1 aliphatic heterocycles. The minimum absolute atomic E-state index is 0.0158. The molecule has 0 spiro atoms. The first kappa shape index (κ1) is 17.5. The van der Waals surface area contributed by atoms with Crippen molar-refractivity contribution >= 4 is 23.2 Å². The van der Waals surface area contributed by atoms with Crippen molar-refractivity contribution in [2.75, 3.05) is 19.1 Å². The summed E-state index contributed by atoms with van der Waals surface area (Å²) in [6.45, 7) is 0.208. The number of hydrogen-bond acceptors (Lipinski definition) is 5. The van der Waals surface area contributed by atoms with E-state index in [1.807, 2.05) is 0 Å². The summed E-state index contributed by atoms with van der Waals surface area (Å²) in [6.07, 6.45) is -4.99. The number of fused-ring (bicyclic) bond motifs is 1. The number of ether oxygens (including phenoxy) is 2. The van der Waals surface area contributed by atoms with E-state index in [-0.39, 0.29) is 51.2 Å². The number of rotatable bonds is 1. The summed E-state index contributed by atoms with van der Waals surface area (Å²) in [7, 11) is 0. The first-order chi connectivity index (χ1) is 11.6. The van der Waals surface area contributed by atoms with Gasteiger partial charge in [0.1, 0.15) is 18.9 Å². The summed E-state index contributed by atoms with van der Waals surface area (Å²) in [5.41, 5.74) is -4.65. The second-order valence-electron chi connectivity index (χ2n) is 4.90. The van der Waals surface area contributed by atoms with Gasteiger partial charge in [0.15, 0.2) is 17.2 Å². The van der Waals surface area contributed by atoms with Crippen molar-refractivity contribution in [3.05, 3.63) is 48.7 Å². The molecule has 0 amide bonds. The van der Waals surface area contributed by atoms with Crippen LogP contribution in [0.2, 0.25) is 10.0 Å². The number of benzene rings is 1. The normalized spacial score (nSPS) is 13.8. The van der Waals surface area contributed by atoms with E-state index < -0.39 is 23.1 Å². The first-order valence-electron chi connectivity index (χ1n) is 6.62. The van der Waals surface area contributed by atoms with Gasteiger partial charge < -0.3 is 15.3 Å². The summed E-state index contributed by atoms with van der Waals surface area (Å²) in [6, 6.07) is 1.36. The summed E-state index contributed by atoms with van der Waals surface area (Å²) in [5, 5.41) is -0.148. The van der Waals surface area contributed by atoms with Crippen LogP contribution in [0.3, 0.4) is 0 Å². The minimum Gasteiger partial charge on any atom is -0.484 e. The lowest BCUT2D eigenvalue weighted by atomic mass is 10.2. The summed E-state index contributed by atoms with van der Waals surface area (Å²) < 4.78 is 49.4. The van der Waals surface area contributed by atoms with Gasteiger partial charge in [0.05, 0.1) is 10.0 Å². The van der Waals surface area contributed by atoms with Crippen molar-refractivity contribution in [2.24, 2.45) is 0 Å². The zero-order valence-corrected chi connectivity index (χ0v) is 13.6. The van der Waals surface area contributed by atoms with E-state index in [0.717, 1.165) is 0 Å². The van der Waals surface area contributed by atoms with Gasteiger partial charge >= 0.3 is 11.9 Å². The van der Waals surface area contributed by atoms with E-state index in [9.17, 15) is 22.8 Å². The number of alkyl halides is 3. The van der Waals surface area contributed by atoms with E-state index in [1.54, 1.807) is 0 Å². The summed E-state index contributed by atoms with van der Waals surface area (Å²) >= 11 is 12.0. The molecule has 0 atom stereocenters. The van der Waals surface area contributed by atoms with Gasteiger partial charge in [-0.1, -0.05) is 23.2 Å². The SMILES string of the molecule is Nn1c(C(F)(F)F)cc(=O)n(-c2c(Cl)cc(Cl)c3c2OCCO3)c1=O. The highest BCUT2D eigenvalue weighted by Gasteiger charge is 2.36. The third-order valence-electron chi connectivity index (χ3n) is 3.35. The molecule has 0 saturated carbocycles. The van der Waals surface area contributed by atoms with Crippen LogP contribution in [0.25, 0.3) is 5.69 Å². The van der Waals surface area contributed by atoms with E-state index >= 15 is 0 Å². The molecule has 0 aliphatic carbocycles. The second kappa shape index (κ2) is 5.88. The molecule has 1 aliphatic rings. The maximum absolute atomic E-state index is 12.9. The van der Waals surface area contributed by atoms with Crippen LogP contribution in [0.4, 0.5) is 13.2 Å². The van der Waals surface area contributed by atoms with Crippen molar-refractivity contribution in [3.8, 4) is 17.2 Å². The molecule has 3 rings (SSSR count). The predicted molar refractivity (Wildman–Crippen MR) is 82.5 cm³/mol. The molecule has 2 N–H and O–H groups in total. The highest BCUT2D eigenvalue weighted by Crippen LogP contribution is 2.45. The van der Waals surface area contributed by atoms with Crippen molar-refractivity contribution in [1.29, 1.82) is 0 Å². The molecule has 1 aromatic carbocycles. The van der Waals surface area contributed by atoms with Gasteiger partial charge in [-0.15, -0.1) is 0 Å². The molecule has 25 heavy (non-hydrogen) atoms. The van der Waals surface area contributed by atoms with Crippen molar-refractivity contribution < 1.29 is 22.6 Å². The molecule has 134 valence electrons. The zero-order valence-electron chi connectivity index (χ0n) is 12.1. The topological polar surface area (TPSA) is 88.5 Å². The van der Waals surface area contributed by atoms with Gasteiger partial charge in [-0.25, -0.2) is 14.0 Å². The second-order valence-corrected chi connectivity index (χ2v) is 5.71. The maximum Gasteiger partial charge on any atom is 0.433 e. The lowest BCUT2D eigenvalue weighted by molar-refractivity contribution is -0.143. The van der Waals surface area contributed by atoms with Crippen LogP contribution in [0, 0.1) is 0 Å². The van der Waals surface area contributed by atoms with Crippen LogP contribution in [0.15, 0.2) is 21.7 Å². The highest BCUT2D eigenvalue weighted by molar-refractivity contribution is 6.37. The Kier molecular flexibility index (Phi) is 4.12. The molecular weight excluding hydrogens is 390 g/mol. The number of nitrogens with zero attached hydrogens (tertiary/aromatic N) is 2. The molecule has 0 radical (unpaired) electrons. The molecule has 0 bridgehead atoms. The predicted octanol–water partition coefficient (Wildman–Crippen LogP) is 1.81. The molecule has 1 aromatic heterocycles. The number of nitrogen functional groups attached to an aromatic ring is 1. The van der Waals surface area contributed by atoms with Crippen LogP contribution in [0.1, 0.15) is 5.69 Å². The van der Waals surface area contributed by atoms with Crippen LogP contribution in [-0.2, 0) is 6.18 Å². The zero-order chi connectivity index (χ0) is 18.5. The fourth-order valence-corrected chi connectivity index (χ4v) is 2.90. The summed E-state index contributed by atoms with van der Waals surface area (Å²) in [4.78, 5) is 24.5. The Morgan fingerprint density at radius 1 is 1.04 bits per heavy atom. The third kappa shape index (κ3) is 2.81. The standard InChI is InChI=1S/C13H8Cl2F3N3O4/c14-5-3-6(15)10-11(25-2-1-24-10)9(5)20-8(22)4-7(13(16,17)18)21(19)12(20)23/h3-4H,1-2,19H2. The quantitative estimate of drug-likeness (QED) is 0.741. The Morgan fingerprint density at radius 3 is 2.24 bits per heavy atom. The first-order valence-corrected chi connectivity index (χ1v) is 7.38. The largest absolute Gasteiger partial charge is 0.484 e. The molecule has 0 unspecified atom stereocenters. The van der Waals surface area contributed by atoms with Gasteiger partial charge in [0.25, 0.3) is 5.56 Å². The van der Waals surface area contributed by atoms with Crippen LogP contribution >= 0.6 is 23.2 Å². The lowest BCUT2D eigenvalue weighted by Gasteiger charge is -2.23.